The zero-order valence-electron chi connectivity index (χ0n) is 15.5. The molecule has 0 bridgehead atoms. The Hall–Kier alpha value is -3.35. The van der Waals surface area contributed by atoms with E-state index < -0.39 is 0 Å². The highest BCUT2D eigenvalue weighted by Gasteiger charge is 2.19. The molecule has 1 aliphatic heterocycles. The Morgan fingerprint density at radius 2 is 2.21 bits per heavy atom. The number of carbonyl (C=O) groups excluding carboxylic acids is 2. The molecule has 0 unspecified atom stereocenters. The number of nitrogens with zero attached hydrogens (tertiary/aromatic N) is 2. The maximum Gasteiger partial charge on any atom is 0.286 e. The van der Waals surface area contributed by atoms with Crippen LogP contribution in [-0.4, -0.2) is 46.3 Å². The Bertz CT molecular complexity index is 1000. The number of rotatable bonds is 6. The fraction of sp³-hybridized carbons (Fsp3) is 0.286. The van der Waals surface area contributed by atoms with Gasteiger partial charge >= 0.3 is 0 Å². The number of fused-ring (bicyclic) bond motifs is 1. The lowest BCUT2D eigenvalue weighted by Gasteiger charge is -2.26. The second kappa shape index (κ2) is 8.12. The second-order valence-corrected chi connectivity index (χ2v) is 6.76. The summed E-state index contributed by atoms with van der Waals surface area (Å²) in [5, 5.41) is 3.87. The van der Waals surface area contributed by atoms with E-state index in [2.05, 4.69) is 27.4 Å². The molecule has 0 aliphatic carbocycles. The molecule has 1 aliphatic rings. The van der Waals surface area contributed by atoms with E-state index in [1.807, 2.05) is 17.2 Å². The van der Waals surface area contributed by atoms with E-state index in [1.165, 1.54) is 11.8 Å². The maximum atomic E-state index is 12.4. The molecule has 3 aromatic rings. The number of aromatic amines is 1. The van der Waals surface area contributed by atoms with Crippen LogP contribution >= 0.6 is 0 Å². The standard InChI is InChI=1S/C21H22N4O3/c26-19(6-2-10-23-21(27)18-5-3-13-28-18)25-11-7-15(8-12-25)17-14-24-20-16(17)4-1-9-22-20/h1,3-5,7,9,13-14H,2,6,8,10-12H2,(H,22,24)(H,23,27). The first kappa shape index (κ1) is 18.0. The SMILES string of the molecule is O=C(NCCCC(=O)N1CC=C(c2c[nH]c3ncccc23)CC1)c1ccco1. The van der Waals surface area contributed by atoms with Crippen LogP contribution in [0.4, 0.5) is 0 Å². The van der Waals surface area contributed by atoms with Crippen molar-refractivity contribution >= 4 is 28.4 Å². The number of hydrogen-bond acceptors (Lipinski definition) is 4. The van der Waals surface area contributed by atoms with Crippen molar-refractivity contribution in [2.24, 2.45) is 0 Å². The molecule has 0 saturated heterocycles. The van der Waals surface area contributed by atoms with Crippen LogP contribution in [-0.2, 0) is 4.79 Å². The largest absolute Gasteiger partial charge is 0.459 e. The smallest absolute Gasteiger partial charge is 0.286 e. The van der Waals surface area contributed by atoms with Gasteiger partial charge in [-0.25, -0.2) is 4.98 Å². The van der Waals surface area contributed by atoms with Crippen molar-refractivity contribution < 1.29 is 14.0 Å². The second-order valence-electron chi connectivity index (χ2n) is 6.76. The average molecular weight is 378 g/mol. The number of carbonyl (C=O) groups is 2. The van der Waals surface area contributed by atoms with Crippen molar-refractivity contribution in [1.29, 1.82) is 0 Å². The molecule has 0 spiro atoms. The fourth-order valence-electron chi connectivity index (χ4n) is 3.46. The third-order valence-corrected chi connectivity index (χ3v) is 4.96. The topological polar surface area (TPSA) is 91.2 Å². The van der Waals surface area contributed by atoms with E-state index >= 15 is 0 Å². The van der Waals surface area contributed by atoms with E-state index in [4.69, 9.17) is 4.42 Å². The maximum absolute atomic E-state index is 12.4. The van der Waals surface area contributed by atoms with Gasteiger partial charge in [0.2, 0.25) is 5.91 Å². The van der Waals surface area contributed by atoms with Crippen LogP contribution in [0, 0.1) is 0 Å². The van der Waals surface area contributed by atoms with Gasteiger partial charge in [-0.3, -0.25) is 9.59 Å². The van der Waals surface area contributed by atoms with Crippen LogP contribution in [0.1, 0.15) is 35.4 Å². The summed E-state index contributed by atoms with van der Waals surface area (Å²) in [7, 11) is 0. The minimum absolute atomic E-state index is 0.114. The van der Waals surface area contributed by atoms with Crippen molar-refractivity contribution in [3.8, 4) is 0 Å². The molecule has 0 aromatic carbocycles. The van der Waals surface area contributed by atoms with Gasteiger partial charge in [-0.1, -0.05) is 6.08 Å². The summed E-state index contributed by atoms with van der Waals surface area (Å²) in [6, 6.07) is 7.28. The van der Waals surface area contributed by atoms with Crippen LogP contribution < -0.4 is 5.32 Å². The van der Waals surface area contributed by atoms with Crippen LogP contribution in [0.25, 0.3) is 16.6 Å². The number of hydrogen-bond donors (Lipinski definition) is 2. The lowest BCUT2D eigenvalue weighted by molar-refractivity contribution is -0.130. The highest BCUT2D eigenvalue weighted by molar-refractivity contribution is 5.92. The van der Waals surface area contributed by atoms with Gasteiger partial charge in [0.15, 0.2) is 5.76 Å². The highest BCUT2D eigenvalue weighted by atomic mass is 16.3. The van der Waals surface area contributed by atoms with Crippen molar-refractivity contribution in [2.75, 3.05) is 19.6 Å². The summed E-state index contributed by atoms with van der Waals surface area (Å²) in [5.74, 6) is 0.145. The molecule has 0 saturated carbocycles. The normalized spacial score (nSPS) is 14.1. The predicted molar refractivity (Wildman–Crippen MR) is 106 cm³/mol. The van der Waals surface area contributed by atoms with Gasteiger partial charge in [0.05, 0.1) is 6.26 Å². The molecule has 28 heavy (non-hydrogen) atoms. The quantitative estimate of drug-likeness (QED) is 0.645. The Kier molecular flexibility index (Phi) is 5.23. The van der Waals surface area contributed by atoms with Crippen LogP contribution in [0.2, 0.25) is 0 Å². The molecule has 2 amide bonds. The number of nitrogens with one attached hydrogen (secondary N) is 2. The van der Waals surface area contributed by atoms with E-state index in [-0.39, 0.29) is 17.6 Å². The van der Waals surface area contributed by atoms with Gasteiger partial charge in [-0.15, -0.1) is 0 Å². The summed E-state index contributed by atoms with van der Waals surface area (Å²) in [6.07, 6.45) is 9.19. The fourth-order valence-corrected chi connectivity index (χ4v) is 3.46. The van der Waals surface area contributed by atoms with E-state index in [9.17, 15) is 9.59 Å². The molecular formula is C21H22N4O3. The Balaban J connectivity index is 1.26. The minimum Gasteiger partial charge on any atom is -0.459 e. The minimum atomic E-state index is -0.254. The Morgan fingerprint density at radius 3 is 3.00 bits per heavy atom. The third-order valence-electron chi connectivity index (χ3n) is 4.96. The van der Waals surface area contributed by atoms with Crippen LogP contribution in [0.5, 0.6) is 0 Å². The van der Waals surface area contributed by atoms with E-state index in [0.29, 0.717) is 32.5 Å². The molecule has 4 rings (SSSR count). The summed E-state index contributed by atoms with van der Waals surface area (Å²) < 4.78 is 5.04. The first-order chi connectivity index (χ1) is 13.7. The number of pyridine rings is 1. The monoisotopic (exact) mass is 378 g/mol. The van der Waals surface area contributed by atoms with Crippen molar-refractivity contribution in [1.82, 2.24) is 20.2 Å². The first-order valence-electron chi connectivity index (χ1n) is 9.43. The average Bonchev–Trinajstić information content (AvgIpc) is 3.41. The summed E-state index contributed by atoms with van der Waals surface area (Å²) in [6.45, 7) is 1.76. The van der Waals surface area contributed by atoms with Gasteiger partial charge in [0.1, 0.15) is 5.65 Å². The number of H-pyrrole nitrogens is 1. The molecule has 0 atom stereocenters. The van der Waals surface area contributed by atoms with Gasteiger partial charge in [0, 0.05) is 49.4 Å². The van der Waals surface area contributed by atoms with Crippen LogP contribution in [0.15, 0.2) is 53.4 Å². The molecule has 4 heterocycles. The number of amides is 2. The third kappa shape index (κ3) is 3.83. The zero-order valence-corrected chi connectivity index (χ0v) is 15.5. The first-order valence-corrected chi connectivity index (χ1v) is 9.43. The molecule has 2 N–H and O–H groups in total. The molecule has 0 radical (unpaired) electrons. The van der Waals surface area contributed by atoms with Gasteiger partial charge in [-0.2, -0.15) is 0 Å². The molecular weight excluding hydrogens is 356 g/mol. The summed E-state index contributed by atoms with van der Waals surface area (Å²) in [5.41, 5.74) is 3.29. The molecule has 3 aromatic heterocycles. The molecule has 0 fully saturated rings. The molecule has 7 nitrogen and oxygen atoms in total. The van der Waals surface area contributed by atoms with Crippen molar-refractivity contribution in [3.63, 3.8) is 0 Å². The summed E-state index contributed by atoms with van der Waals surface area (Å²) in [4.78, 5) is 33.6. The number of aromatic nitrogens is 2. The van der Waals surface area contributed by atoms with Gasteiger partial charge < -0.3 is 19.6 Å². The van der Waals surface area contributed by atoms with Crippen LogP contribution in [0.3, 0.4) is 0 Å². The highest BCUT2D eigenvalue weighted by Crippen LogP contribution is 2.28. The lowest BCUT2D eigenvalue weighted by Crippen LogP contribution is -2.35. The predicted octanol–water partition coefficient (Wildman–Crippen LogP) is 2.98. The molecule has 7 heteroatoms. The van der Waals surface area contributed by atoms with Crippen molar-refractivity contribution in [3.05, 3.63) is 60.3 Å². The van der Waals surface area contributed by atoms with Crippen molar-refractivity contribution in [2.45, 2.75) is 19.3 Å². The van der Waals surface area contributed by atoms with E-state index in [0.717, 1.165) is 23.0 Å². The Morgan fingerprint density at radius 1 is 1.29 bits per heavy atom. The summed E-state index contributed by atoms with van der Waals surface area (Å²) >= 11 is 0. The van der Waals surface area contributed by atoms with Gasteiger partial charge in [-0.05, 0) is 42.7 Å². The molecule has 144 valence electrons. The Labute approximate surface area is 162 Å². The van der Waals surface area contributed by atoms with Gasteiger partial charge in [0.25, 0.3) is 5.91 Å². The lowest BCUT2D eigenvalue weighted by atomic mass is 9.99. The zero-order chi connectivity index (χ0) is 19.3. The number of furan rings is 1. The van der Waals surface area contributed by atoms with E-state index in [1.54, 1.807) is 18.3 Å².